The maximum atomic E-state index is 12.9. The first kappa shape index (κ1) is 19.8. The third-order valence-electron chi connectivity index (χ3n) is 5.83. The zero-order valence-corrected chi connectivity index (χ0v) is 17.5. The Balaban J connectivity index is 1.66. The highest BCUT2D eigenvalue weighted by Crippen LogP contribution is 2.31. The topological polar surface area (TPSA) is 54.1 Å². The highest BCUT2D eigenvalue weighted by molar-refractivity contribution is 5.96. The van der Waals surface area contributed by atoms with Crippen molar-refractivity contribution in [2.75, 3.05) is 13.7 Å². The van der Waals surface area contributed by atoms with Gasteiger partial charge in [0.1, 0.15) is 5.75 Å². The Bertz CT molecular complexity index is 1180. The molecule has 0 saturated heterocycles. The third kappa shape index (κ3) is 3.81. The maximum Gasteiger partial charge on any atom is 0.251 e. The molecule has 1 atom stereocenters. The number of aromatic amines is 1. The van der Waals surface area contributed by atoms with E-state index in [4.69, 9.17) is 4.74 Å². The summed E-state index contributed by atoms with van der Waals surface area (Å²) in [6.45, 7) is 4.52. The quantitative estimate of drug-likeness (QED) is 0.460. The van der Waals surface area contributed by atoms with Crippen LogP contribution < -0.4 is 10.1 Å². The van der Waals surface area contributed by atoms with Gasteiger partial charge in [-0.1, -0.05) is 42.5 Å². The summed E-state index contributed by atoms with van der Waals surface area (Å²) in [6, 6.07) is 22.1. The molecule has 0 aliphatic rings. The van der Waals surface area contributed by atoms with E-state index >= 15 is 0 Å². The summed E-state index contributed by atoms with van der Waals surface area (Å²) < 4.78 is 5.31. The molecule has 1 heterocycles. The van der Waals surface area contributed by atoms with Crippen molar-refractivity contribution in [1.82, 2.24) is 10.3 Å². The van der Waals surface area contributed by atoms with E-state index in [2.05, 4.69) is 34.6 Å². The lowest BCUT2D eigenvalue weighted by Gasteiger charge is -2.19. The number of nitrogens with one attached hydrogen (secondary N) is 2. The van der Waals surface area contributed by atoms with Gasteiger partial charge in [0, 0.05) is 35.1 Å². The van der Waals surface area contributed by atoms with E-state index in [9.17, 15) is 4.79 Å². The van der Waals surface area contributed by atoms with Gasteiger partial charge in [-0.3, -0.25) is 4.79 Å². The standard InChI is InChI=1S/C26H26N2O2/c1-17-7-6-9-21(18(17)2)26(29)28-15-23(19-11-13-20(30-3)14-12-19)24-16-27-25-10-5-4-8-22(24)25/h4-14,16,23,27H,15H2,1-3H3,(H,28,29). The van der Waals surface area contributed by atoms with Crippen molar-refractivity contribution in [3.05, 3.63) is 101 Å². The Labute approximate surface area is 176 Å². The van der Waals surface area contributed by atoms with Crippen molar-refractivity contribution in [1.29, 1.82) is 0 Å². The zero-order chi connectivity index (χ0) is 21.1. The van der Waals surface area contributed by atoms with Crippen LogP contribution in [0.1, 0.15) is 38.5 Å². The molecule has 2 N–H and O–H groups in total. The first-order chi connectivity index (χ1) is 14.6. The Morgan fingerprint density at radius 1 is 1.00 bits per heavy atom. The summed E-state index contributed by atoms with van der Waals surface area (Å²) in [5.41, 5.74) is 6.24. The minimum Gasteiger partial charge on any atom is -0.497 e. The van der Waals surface area contributed by atoms with Crippen LogP contribution in [0.25, 0.3) is 10.9 Å². The number of ether oxygens (including phenoxy) is 1. The van der Waals surface area contributed by atoms with Gasteiger partial charge in [0.25, 0.3) is 5.91 Å². The lowest BCUT2D eigenvalue weighted by molar-refractivity contribution is 0.0951. The van der Waals surface area contributed by atoms with Crippen molar-refractivity contribution >= 4 is 16.8 Å². The van der Waals surface area contributed by atoms with Crippen molar-refractivity contribution in [2.45, 2.75) is 19.8 Å². The molecule has 3 aromatic carbocycles. The highest BCUT2D eigenvalue weighted by Gasteiger charge is 2.20. The number of amides is 1. The van der Waals surface area contributed by atoms with Gasteiger partial charge in [-0.15, -0.1) is 0 Å². The van der Waals surface area contributed by atoms with Crippen LogP contribution in [0.15, 0.2) is 72.9 Å². The van der Waals surface area contributed by atoms with Crippen LogP contribution in [0, 0.1) is 13.8 Å². The lowest BCUT2D eigenvalue weighted by Crippen LogP contribution is -2.29. The van der Waals surface area contributed by atoms with Crippen molar-refractivity contribution < 1.29 is 9.53 Å². The minimum atomic E-state index is -0.0467. The number of benzene rings is 3. The highest BCUT2D eigenvalue weighted by atomic mass is 16.5. The Morgan fingerprint density at radius 2 is 1.77 bits per heavy atom. The Kier molecular flexibility index (Phi) is 5.57. The summed E-state index contributed by atoms with van der Waals surface area (Å²) in [7, 11) is 1.66. The predicted octanol–water partition coefficient (Wildman–Crippen LogP) is 5.36. The van der Waals surface area contributed by atoms with Crippen molar-refractivity contribution in [3.63, 3.8) is 0 Å². The van der Waals surface area contributed by atoms with Gasteiger partial charge in [0.2, 0.25) is 0 Å². The second-order valence-corrected chi connectivity index (χ2v) is 7.57. The van der Waals surface area contributed by atoms with Gasteiger partial charge in [-0.2, -0.15) is 0 Å². The maximum absolute atomic E-state index is 12.9. The zero-order valence-electron chi connectivity index (χ0n) is 17.5. The number of hydrogen-bond donors (Lipinski definition) is 2. The number of carbonyl (C=O) groups is 1. The van der Waals surface area contributed by atoms with Gasteiger partial charge in [0.15, 0.2) is 0 Å². The molecule has 1 amide bonds. The average molecular weight is 399 g/mol. The molecule has 30 heavy (non-hydrogen) atoms. The molecule has 152 valence electrons. The number of fused-ring (bicyclic) bond motifs is 1. The minimum absolute atomic E-state index is 0.0149. The van der Waals surface area contributed by atoms with Crippen LogP contribution in [0.5, 0.6) is 5.75 Å². The Hall–Kier alpha value is -3.53. The first-order valence-electron chi connectivity index (χ1n) is 10.1. The van der Waals surface area contributed by atoms with Crippen molar-refractivity contribution in [2.24, 2.45) is 0 Å². The van der Waals surface area contributed by atoms with Gasteiger partial charge in [-0.05, 0) is 60.4 Å². The summed E-state index contributed by atoms with van der Waals surface area (Å²) in [4.78, 5) is 16.3. The molecule has 4 nitrogen and oxygen atoms in total. The van der Waals surface area contributed by atoms with Crippen LogP contribution in [0.2, 0.25) is 0 Å². The molecule has 0 saturated carbocycles. The second kappa shape index (κ2) is 8.46. The molecule has 4 aromatic rings. The number of H-pyrrole nitrogens is 1. The molecule has 1 aromatic heterocycles. The summed E-state index contributed by atoms with van der Waals surface area (Å²) in [5, 5.41) is 4.33. The van der Waals surface area contributed by atoms with E-state index in [-0.39, 0.29) is 11.8 Å². The van der Waals surface area contributed by atoms with Crippen LogP contribution in [-0.4, -0.2) is 24.5 Å². The number of methoxy groups -OCH3 is 1. The molecule has 4 rings (SSSR count). The molecule has 0 fully saturated rings. The smallest absolute Gasteiger partial charge is 0.251 e. The van der Waals surface area contributed by atoms with Gasteiger partial charge in [-0.25, -0.2) is 0 Å². The summed E-state index contributed by atoms with van der Waals surface area (Å²) in [5.74, 6) is 0.784. The van der Waals surface area contributed by atoms with Crippen LogP contribution in [-0.2, 0) is 0 Å². The normalized spacial score (nSPS) is 12.0. The van der Waals surface area contributed by atoms with Crippen molar-refractivity contribution in [3.8, 4) is 5.75 Å². The second-order valence-electron chi connectivity index (χ2n) is 7.57. The van der Waals surface area contributed by atoms with Crippen LogP contribution >= 0.6 is 0 Å². The molecule has 1 unspecified atom stereocenters. The van der Waals surface area contributed by atoms with Crippen LogP contribution in [0.3, 0.4) is 0 Å². The fraction of sp³-hybridized carbons (Fsp3) is 0.192. The summed E-state index contributed by atoms with van der Waals surface area (Å²) >= 11 is 0. The number of carbonyl (C=O) groups excluding carboxylic acids is 1. The van der Waals surface area contributed by atoms with Gasteiger partial charge < -0.3 is 15.0 Å². The van der Waals surface area contributed by atoms with E-state index < -0.39 is 0 Å². The predicted molar refractivity (Wildman–Crippen MR) is 121 cm³/mol. The van der Waals surface area contributed by atoms with E-state index in [1.54, 1.807) is 7.11 Å². The molecule has 0 bridgehead atoms. The van der Waals surface area contributed by atoms with Crippen LogP contribution in [0.4, 0.5) is 0 Å². The number of para-hydroxylation sites is 1. The van der Waals surface area contributed by atoms with E-state index in [1.165, 1.54) is 5.39 Å². The summed E-state index contributed by atoms with van der Waals surface area (Å²) in [6.07, 6.45) is 2.05. The van der Waals surface area contributed by atoms with E-state index in [0.29, 0.717) is 6.54 Å². The van der Waals surface area contributed by atoms with Gasteiger partial charge in [0.05, 0.1) is 7.11 Å². The monoisotopic (exact) mass is 398 g/mol. The number of aryl methyl sites for hydroxylation is 1. The molecule has 0 radical (unpaired) electrons. The average Bonchev–Trinajstić information content (AvgIpc) is 3.20. The molecule has 0 aliphatic carbocycles. The number of aromatic nitrogens is 1. The molecule has 0 aliphatic heterocycles. The Morgan fingerprint density at radius 3 is 2.53 bits per heavy atom. The SMILES string of the molecule is COc1ccc(C(CNC(=O)c2cccc(C)c2C)c2c[nH]c3ccccc23)cc1. The fourth-order valence-electron chi connectivity index (χ4n) is 3.91. The molecule has 0 spiro atoms. The van der Waals surface area contributed by atoms with Gasteiger partial charge >= 0.3 is 0 Å². The fourth-order valence-corrected chi connectivity index (χ4v) is 3.91. The van der Waals surface area contributed by atoms with E-state index in [0.717, 1.165) is 39.1 Å². The largest absolute Gasteiger partial charge is 0.497 e. The lowest BCUT2D eigenvalue weighted by atomic mass is 9.90. The van der Waals surface area contributed by atoms with E-state index in [1.807, 2.05) is 62.5 Å². The third-order valence-corrected chi connectivity index (χ3v) is 5.83. The molecular weight excluding hydrogens is 372 g/mol. The number of rotatable bonds is 6. The first-order valence-corrected chi connectivity index (χ1v) is 10.1. The number of hydrogen-bond acceptors (Lipinski definition) is 2. The molecular formula is C26H26N2O2. The molecule has 4 heteroatoms.